The van der Waals surface area contributed by atoms with E-state index in [1.807, 2.05) is 71.9 Å². The van der Waals surface area contributed by atoms with Crippen LogP contribution < -0.4 is 10.1 Å². The van der Waals surface area contributed by atoms with Crippen LogP contribution in [-0.2, 0) is 6.54 Å². The minimum Gasteiger partial charge on any atom is -0.486 e. The van der Waals surface area contributed by atoms with Crippen LogP contribution in [0, 0.1) is 6.92 Å². The highest BCUT2D eigenvalue weighted by molar-refractivity contribution is 5.96. The molecule has 0 aliphatic carbocycles. The monoisotopic (exact) mass is 463 g/mol. The molecule has 1 aromatic carbocycles. The molecule has 3 heterocycles. The van der Waals surface area contributed by atoms with Gasteiger partial charge < -0.3 is 14.6 Å². The second-order valence-corrected chi connectivity index (χ2v) is 10.2. The van der Waals surface area contributed by atoms with E-state index in [1.165, 1.54) is 0 Å². The average molecular weight is 464 g/mol. The molecule has 8 nitrogen and oxygen atoms in total. The van der Waals surface area contributed by atoms with Crippen LogP contribution in [0.25, 0.3) is 11.3 Å². The highest BCUT2D eigenvalue weighted by atomic mass is 16.5. The van der Waals surface area contributed by atoms with Gasteiger partial charge in [0.1, 0.15) is 11.9 Å². The molecular formula is C26H33N5O3. The second-order valence-electron chi connectivity index (χ2n) is 10.2. The first-order valence-electron chi connectivity index (χ1n) is 11.7. The fraction of sp³-hybridized carbons (Fsp3) is 0.462. The minimum atomic E-state index is -0.277. The van der Waals surface area contributed by atoms with Crippen LogP contribution >= 0.6 is 0 Å². The maximum atomic E-state index is 12.5. The van der Waals surface area contributed by atoms with Crippen molar-refractivity contribution in [3.63, 3.8) is 0 Å². The van der Waals surface area contributed by atoms with E-state index in [9.17, 15) is 4.79 Å². The lowest BCUT2D eigenvalue weighted by Crippen LogP contribution is -2.53. The molecule has 1 N–H and O–H groups in total. The molecule has 8 heteroatoms. The van der Waals surface area contributed by atoms with Gasteiger partial charge in [-0.2, -0.15) is 4.98 Å². The van der Waals surface area contributed by atoms with Crippen LogP contribution in [0.3, 0.4) is 0 Å². The van der Waals surface area contributed by atoms with E-state index in [2.05, 4.69) is 25.3 Å². The van der Waals surface area contributed by atoms with E-state index >= 15 is 0 Å². The first-order valence-corrected chi connectivity index (χ1v) is 11.7. The number of likely N-dealkylation sites (tertiary alicyclic amines) is 1. The number of hydrogen-bond acceptors (Lipinski definition) is 7. The largest absolute Gasteiger partial charge is 0.486 e. The molecule has 0 atom stereocenters. The molecule has 0 bridgehead atoms. The first kappa shape index (κ1) is 23.9. The van der Waals surface area contributed by atoms with Crippen LogP contribution in [0.4, 0.5) is 0 Å². The van der Waals surface area contributed by atoms with Crippen molar-refractivity contribution in [3.05, 3.63) is 59.4 Å². The summed E-state index contributed by atoms with van der Waals surface area (Å²) in [5.41, 5.74) is 3.12. The Morgan fingerprint density at radius 3 is 2.59 bits per heavy atom. The van der Waals surface area contributed by atoms with E-state index in [0.29, 0.717) is 18.0 Å². The van der Waals surface area contributed by atoms with Gasteiger partial charge in [0.25, 0.3) is 5.91 Å². The maximum absolute atomic E-state index is 12.5. The summed E-state index contributed by atoms with van der Waals surface area (Å²) in [5.74, 6) is 2.32. The molecule has 34 heavy (non-hydrogen) atoms. The van der Waals surface area contributed by atoms with Gasteiger partial charge in [-0.1, -0.05) is 25.1 Å². The standard InChI is InChI=1S/C26H33N5O3/c1-16(2)24-28-23(34-30-24)15-31-13-20(14-31)33-19-8-10-22(27-12-19)18-7-9-21(17(3)11-18)25(32)29-26(4,5)6/h7-12,16,20H,13-15H2,1-6H3,(H,29,32). The second kappa shape index (κ2) is 9.54. The van der Waals surface area contributed by atoms with E-state index < -0.39 is 0 Å². The van der Waals surface area contributed by atoms with Crippen molar-refractivity contribution in [2.24, 2.45) is 0 Å². The Labute approximate surface area is 200 Å². The van der Waals surface area contributed by atoms with E-state index in [4.69, 9.17) is 9.26 Å². The van der Waals surface area contributed by atoms with Crippen LogP contribution in [-0.4, -0.2) is 50.7 Å². The number of ether oxygens (including phenoxy) is 1. The van der Waals surface area contributed by atoms with E-state index in [-0.39, 0.29) is 23.5 Å². The number of pyridine rings is 1. The number of nitrogens with zero attached hydrogens (tertiary/aromatic N) is 4. The Morgan fingerprint density at radius 2 is 2.00 bits per heavy atom. The van der Waals surface area contributed by atoms with Gasteiger partial charge >= 0.3 is 0 Å². The van der Waals surface area contributed by atoms with Crippen LogP contribution in [0.5, 0.6) is 5.75 Å². The third-order valence-electron chi connectivity index (χ3n) is 5.58. The van der Waals surface area contributed by atoms with Crippen molar-refractivity contribution in [3.8, 4) is 17.0 Å². The molecule has 1 amide bonds. The van der Waals surface area contributed by atoms with Gasteiger partial charge in [0.05, 0.1) is 18.4 Å². The Balaban J connectivity index is 1.30. The summed E-state index contributed by atoms with van der Waals surface area (Å²) in [6.07, 6.45) is 1.86. The number of aromatic nitrogens is 3. The summed E-state index contributed by atoms with van der Waals surface area (Å²) in [6.45, 7) is 14.2. The van der Waals surface area contributed by atoms with Crippen molar-refractivity contribution >= 4 is 5.91 Å². The van der Waals surface area contributed by atoms with Crippen molar-refractivity contribution in [1.29, 1.82) is 0 Å². The Hall–Kier alpha value is -3.26. The van der Waals surface area contributed by atoms with Crippen molar-refractivity contribution in [2.45, 2.75) is 65.6 Å². The number of hydrogen-bond donors (Lipinski definition) is 1. The van der Waals surface area contributed by atoms with Crippen LogP contribution in [0.15, 0.2) is 41.1 Å². The minimum absolute atomic E-state index is 0.0674. The zero-order chi connectivity index (χ0) is 24.5. The molecule has 0 radical (unpaired) electrons. The lowest BCUT2D eigenvalue weighted by Gasteiger charge is -2.37. The van der Waals surface area contributed by atoms with E-state index in [0.717, 1.165) is 41.5 Å². The number of benzene rings is 1. The number of carbonyl (C=O) groups is 1. The number of amides is 1. The van der Waals surface area contributed by atoms with Crippen LogP contribution in [0.2, 0.25) is 0 Å². The molecule has 3 aromatic rings. The average Bonchev–Trinajstić information content (AvgIpc) is 3.20. The molecule has 4 rings (SSSR count). The van der Waals surface area contributed by atoms with Gasteiger partial charge in [-0.3, -0.25) is 14.7 Å². The molecule has 0 spiro atoms. The van der Waals surface area contributed by atoms with Gasteiger partial charge in [0.15, 0.2) is 5.82 Å². The smallest absolute Gasteiger partial charge is 0.251 e. The third-order valence-corrected chi connectivity index (χ3v) is 5.58. The zero-order valence-corrected chi connectivity index (χ0v) is 20.8. The Kier molecular flexibility index (Phi) is 6.70. The predicted molar refractivity (Wildman–Crippen MR) is 130 cm³/mol. The SMILES string of the molecule is Cc1cc(-c2ccc(OC3CN(Cc4nc(C(C)C)no4)C3)cn2)ccc1C(=O)NC(C)(C)C. The predicted octanol–water partition coefficient (Wildman–Crippen LogP) is 4.35. The van der Waals surface area contributed by atoms with Crippen LogP contribution in [0.1, 0.15) is 68.2 Å². The summed E-state index contributed by atoms with van der Waals surface area (Å²) >= 11 is 0. The summed E-state index contributed by atoms with van der Waals surface area (Å²) in [5, 5.41) is 7.02. The molecule has 0 unspecified atom stereocenters. The molecule has 180 valence electrons. The Morgan fingerprint density at radius 1 is 1.24 bits per heavy atom. The molecular weight excluding hydrogens is 430 g/mol. The topological polar surface area (TPSA) is 93.4 Å². The van der Waals surface area contributed by atoms with Crippen molar-refractivity contribution in [2.75, 3.05) is 13.1 Å². The number of rotatable bonds is 7. The maximum Gasteiger partial charge on any atom is 0.251 e. The molecule has 1 aliphatic rings. The highest BCUT2D eigenvalue weighted by Crippen LogP contribution is 2.25. The fourth-order valence-electron chi connectivity index (χ4n) is 3.78. The quantitative estimate of drug-likeness (QED) is 0.557. The summed E-state index contributed by atoms with van der Waals surface area (Å²) in [7, 11) is 0. The molecule has 1 fully saturated rings. The lowest BCUT2D eigenvalue weighted by atomic mass is 10.0. The fourth-order valence-corrected chi connectivity index (χ4v) is 3.78. The summed E-state index contributed by atoms with van der Waals surface area (Å²) < 4.78 is 11.4. The summed E-state index contributed by atoms with van der Waals surface area (Å²) in [4.78, 5) is 23.7. The van der Waals surface area contributed by atoms with Crippen molar-refractivity contribution in [1.82, 2.24) is 25.3 Å². The van der Waals surface area contributed by atoms with Gasteiger partial charge in [-0.15, -0.1) is 0 Å². The van der Waals surface area contributed by atoms with Gasteiger partial charge in [0, 0.05) is 35.7 Å². The van der Waals surface area contributed by atoms with Crippen molar-refractivity contribution < 1.29 is 14.1 Å². The highest BCUT2D eigenvalue weighted by Gasteiger charge is 2.30. The molecule has 0 saturated carbocycles. The lowest BCUT2D eigenvalue weighted by molar-refractivity contribution is 0.00844. The zero-order valence-electron chi connectivity index (χ0n) is 20.8. The van der Waals surface area contributed by atoms with Gasteiger partial charge in [-0.05, 0) is 57.5 Å². The first-order chi connectivity index (χ1) is 16.1. The summed E-state index contributed by atoms with van der Waals surface area (Å²) in [6, 6.07) is 9.66. The number of aryl methyl sites for hydroxylation is 1. The number of nitrogens with one attached hydrogen (secondary N) is 1. The molecule has 1 aliphatic heterocycles. The molecule has 2 aromatic heterocycles. The third kappa shape index (κ3) is 5.80. The van der Waals surface area contributed by atoms with Gasteiger partial charge in [0.2, 0.25) is 5.89 Å². The Bertz CT molecular complexity index is 1140. The number of carbonyl (C=O) groups excluding carboxylic acids is 1. The molecule has 1 saturated heterocycles. The van der Waals surface area contributed by atoms with E-state index in [1.54, 1.807) is 6.20 Å². The van der Waals surface area contributed by atoms with Gasteiger partial charge in [-0.25, -0.2) is 0 Å². The normalized spacial score (nSPS) is 14.8.